The lowest BCUT2D eigenvalue weighted by Gasteiger charge is -2.13. The molecule has 1 heterocycles. The second kappa shape index (κ2) is 7.37. The van der Waals surface area contributed by atoms with Crippen molar-refractivity contribution in [3.05, 3.63) is 127 Å². The van der Waals surface area contributed by atoms with Crippen LogP contribution in [0.5, 0.6) is 0 Å². The van der Waals surface area contributed by atoms with E-state index in [1.165, 1.54) is 49.3 Å². The van der Waals surface area contributed by atoms with Crippen molar-refractivity contribution < 1.29 is 4.57 Å². The third-order valence-electron chi connectivity index (χ3n) is 6.15. The van der Waals surface area contributed by atoms with Crippen molar-refractivity contribution >= 4 is 32.4 Å². The van der Waals surface area contributed by atoms with E-state index in [1.807, 2.05) is 0 Å². The normalized spacial score (nSPS) is 11.4. The summed E-state index contributed by atoms with van der Waals surface area (Å²) in [4.78, 5) is 0. The minimum atomic E-state index is 0.828. The van der Waals surface area contributed by atoms with E-state index in [0.717, 1.165) is 6.54 Å². The number of hydrogen-bond acceptors (Lipinski definition) is 0. The van der Waals surface area contributed by atoms with E-state index in [-0.39, 0.29) is 0 Å². The van der Waals surface area contributed by atoms with E-state index in [4.69, 9.17) is 0 Å². The first-order valence-corrected chi connectivity index (χ1v) is 10.7. The highest BCUT2D eigenvalue weighted by Gasteiger charge is 2.22. The summed E-state index contributed by atoms with van der Waals surface area (Å²) in [6.45, 7) is 0.828. The van der Waals surface area contributed by atoms with Gasteiger partial charge in [0.05, 0.1) is 5.56 Å². The molecule has 0 saturated carbocycles. The van der Waals surface area contributed by atoms with Crippen molar-refractivity contribution in [2.24, 2.45) is 0 Å². The second-order valence-electron chi connectivity index (χ2n) is 8.04. The SMILES string of the molecule is c1ccc(C[n+]2c(-c3c4ccccc4cc4ccccc34)ccc3ccccc32)cc1. The van der Waals surface area contributed by atoms with E-state index < -0.39 is 0 Å². The van der Waals surface area contributed by atoms with Crippen LogP contribution in [0, 0.1) is 0 Å². The molecule has 0 saturated heterocycles. The molecule has 0 bridgehead atoms. The predicted octanol–water partition coefficient (Wildman–Crippen LogP) is 7.15. The van der Waals surface area contributed by atoms with Gasteiger partial charge in [0.2, 0.25) is 11.2 Å². The molecule has 1 aromatic heterocycles. The topological polar surface area (TPSA) is 3.88 Å². The number of hydrogen-bond donors (Lipinski definition) is 0. The number of aromatic nitrogens is 1. The molecule has 6 aromatic rings. The maximum atomic E-state index is 2.47. The van der Waals surface area contributed by atoms with Crippen LogP contribution in [0.1, 0.15) is 5.56 Å². The molecule has 0 aliphatic heterocycles. The Balaban J connectivity index is 1.74. The van der Waals surface area contributed by atoms with Gasteiger partial charge < -0.3 is 0 Å². The van der Waals surface area contributed by atoms with Gasteiger partial charge in [0.25, 0.3) is 0 Å². The number of rotatable bonds is 3. The molecule has 0 unspecified atom stereocenters. The fourth-order valence-electron chi connectivity index (χ4n) is 4.71. The molecule has 0 radical (unpaired) electrons. The number of para-hydroxylation sites is 1. The Kier molecular flexibility index (Phi) is 4.25. The summed E-state index contributed by atoms with van der Waals surface area (Å²) in [5, 5.41) is 6.38. The average Bonchev–Trinajstić information content (AvgIpc) is 2.84. The van der Waals surface area contributed by atoms with E-state index in [1.54, 1.807) is 0 Å². The van der Waals surface area contributed by atoms with Crippen molar-refractivity contribution in [3.63, 3.8) is 0 Å². The van der Waals surface area contributed by atoms with E-state index in [0.29, 0.717) is 0 Å². The molecule has 0 spiro atoms. The molecule has 146 valence electrons. The van der Waals surface area contributed by atoms with Crippen LogP contribution in [0.4, 0.5) is 0 Å². The second-order valence-corrected chi connectivity index (χ2v) is 8.04. The van der Waals surface area contributed by atoms with Gasteiger partial charge in [-0.3, -0.25) is 0 Å². The van der Waals surface area contributed by atoms with Crippen LogP contribution in [0.3, 0.4) is 0 Å². The first kappa shape index (κ1) is 17.9. The lowest BCUT2D eigenvalue weighted by atomic mass is 9.93. The van der Waals surface area contributed by atoms with Crippen molar-refractivity contribution in [2.75, 3.05) is 0 Å². The Bertz CT molecular complexity index is 1490. The largest absolute Gasteiger partial charge is 0.214 e. The molecule has 0 N–H and O–H groups in total. The molecule has 6 rings (SSSR count). The summed E-state index contributed by atoms with van der Waals surface area (Å²) in [6, 6.07) is 43.7. The van der Waals surface area contributed by atoms with Crippen molar-refractivity contribution in [1.29, 1.82) is 0 Å². The standard InChI is InChI=1S/C30H22N/c1-2-10-22(11-3-1)21-31-28-17-9-6-12-23(28)18-19-29(31)30-26-15-7-4-13-24(26)20-25-14-5-8-16-27(25)30/h1-20H,21H2/q+1. The molecule has 0 amide bonds. The maximum absolute atomic E-state index is 2.47. The Morgan fingerprint density at radius 3 is 1.77 bits per heavy atom. The van der Waals surface area contributed by atoms with Crippen LogP contribution in [-0.2, 0) is 6.54 Å². The van der Waals surface area contributed by atoms with Crippen molar-refractivity contribution in [2.45, 2.75) is 6.54 Å². The molecule has 1 nitrogen and oxygen atoms in total. The van der Waals surface area contributed by atoms with Crippen LogP contribution in [0.15, 0.2) is 121 Å². The molecule has 31 heavy (non-hydrogen) atoms. The first-order chi connectivity index (χ1) is 15.4. The quantitative estimate of drug-likeness (QED) is 0.221. The molecular weight excluding hydrogens is 374 g/mol. The first-order valence-electron chi connectivity index (χ1n) is 10.7. The van der Waals surface area contributed by atoms with Crippen molar-refractivity contribution in [3.8, 4) is 11.3 Å². The predicted molar refractivity (Wildman–Crippen MR) is 130 cm³/mol. The highest BCUT2D eigenvalue weighted by atomic mass is 15.0. The maximum Gasteiger partial charge on any atom is 0.214 e. The van der Waals surface area contributed by atoms with Crippen LogP contribution < -0.4 is 4.57 Å². The third kappa shape index (κ3) is 3.06. The summed E-state index contributed by atoms with van der Waals surface area (Å²) >= 11 is 0. The Morgan fingerprint density at radius 2 is 1.06 bits per heavy atom. The summed E-state index contributed by atoms with van der Waals surface area (Å²) in [6.07, 6.45) is 0. The molecule has 0 atom stereocenters. The van der Waals surface area contributed by atoms with Gasteiger partial charge in [-0.05, 0) is 39.7 Å². The van der Waals surface area contributed by atoms with Gasteiger partial charge in [-0.1, -0.05) is 91.0 Å². The Hall–Kier alpha value is -3.97. The van der Waals surface area contributed by atoms with E-state index in [2.05, 4.69) is 126 Å². The molecule has 1 heteroatoms. The number of fused-ring (bicyclic) bond motifs is 3. The van der Waals surface area contributed by atoms with Gasteiger partial charge in [0, 0.05) is 23.1 Å². The Labute approximate surface area is 181 Å². The molecule has 0 aliphatic carbocycles. The number of benzene rings is 5. The van der Waals surface area contributed by atoms with Gasteiger partial charge in [0.1, 0.15) is 0 Å². The average molecular weight is 397 g/mol. The third-order valence-corrected chi connectivity index (χ3v) is 6.15. The van der Waals surface area contributed by atoms with Gasteiger partial charge in [-0.2, -0.15) is 4.57 Å². The zero-order valence-corrected chi connectivity index (χ0v) is 17.2. The van der Waals surface area contributed by atoms with Gasteiger partial charge in [0.15, 0.2) is 6.54 Å². The van der Waals surface area contributed by atoms with Crippen LogP contribution in [0.2, 0.25) is 0 Å². The smallest absolute Gasteiger partial charge is 0.187 e. The monoisotopic (exact) mass is 396 g/mol. The minimum Gasteiger partial charge on any atom is -0.187 e. The minimum absolute atomic E-state index is 0.828. The van der Waals surface area contributed by atoms with Crippen molar-refractivity contribution in [1.82, 2.24) is 0 Å². The van der Waals surface area contributed by atoms with Gasteiger partial charge in [-0.25, -0.2) is 0 Å². The molecule has 0 aliphatic rings. The Morgan fingerprint density at radius 1 is 0.484 bits per heavy atom. The zero-order chi connectivity index (χ0) is 20.6. The van der Waals surface area contributed by atoms with E-state index >= 15 is 0 Å². The van der Waals surface area contributed by atoms with E-state index in [9.17, 15) is 0 Å². The highest BCUT2D eigenvalue weighted by Crippen LogP contribution is 2.35. The lowest BCUT2D eigenvalue weighted by Crippen LogP contribution is -2.37. The fraction of sp³-hybridized carbons (Fsp3) is 0.0333. The molecular formula is C30H22N+. The summed E-state index contributed by atoms with van der Waals surface area (Å²) in [7, 11) is 0. The van der Waals surface area contributed by atoms with Gasteiger partial charge >= 0.3 is 0 Å². The molecule has 0 fully saturated rings. The van der Waals surface area contributed by atoms with Crippen LogP contribution in [-0.4, -0.2) is 0 Å². The summed E-state index contributed by atoms with van der Waals surface area (Å²) in [5.41, 5.74) is 5.10. The van der Waals surface area contributed by atoms with Gasteiger partial charge in [-0.15, -0.1) is 0 Å². The zero-order valence-electron chi connectivity index (χ0n) is 17.2. The summed E-state index contributed by atoms with van der Waals surface area (Å²) < 4.78 is 2.47. The fourth-order valence-corrected chi connectivity index (χ4v) is 4.71. The number of nitrogens with zero attached hydrogens (tertiary/aromatic N) is 1. The van der Waals surface area contributed by atoms with Crippen LogP contribution in [0.25, 0.3) is 43.7 Å². The summed E-state index contributed by atoms with van der Waals surface area (Å²) in [5.74, 6) is 0. The lowest BCUT2D eigenvalue weighted by molar-refractivity contribution is -0.651. The molecule has 5 aromatic carbocycles. The highest BCUT2D eigenvalue weighted by molar-refractivity contribution is 6.11. The van der Waals surface area contributed by atoms with Crippen LogP contribution >= 0.6 is 0 Å². The number of pyridine rings is 1.